The number of H-pyrrole nitrogens is 1. The summed E-state index contributed by atoms with van der Waals surface area (Å²) in [6.07, 6.45) is 3.45. The molecular formula is C26H31N3O2. The average molecular weight is 418 g/mol. The van der Waals surface area contributed by atoms with E-state index in [-0.39, 0.29) is 5.91 Å². The number of aryl methyl sites for hydroxylation is 1. The van der Waals surface area contributed by atoms with E-state index in [1.54, 1.807) is 0 Å². The second-order valence-electron chi connectivity index (χ2n) is 8.87. The number of nitrogens with zero attached hydrogens (tertiary/aromatic N) is 2. The predicted octanol–water partition coefficient (Wildman–Crippen LogP) is 4.65. The molecule has 0 bridgehead atoms. The highest BCUT2D eigenvalue weighted by atomic mass is 16.5. The number of nitrogens with one attached hydrogen (secondary N) is 1. The molecule has 1 amide bonds. The van der Waals surface area contributed by atoms with E-state index in [2.05, 4.69) is 35.0 Å². The molecule has 31 heavy (non-hydrogen) atoms. The summed E-state index contributed by atoms with van der Waals surface area (Å²) in [5.41, 5.74) is 5.86. The molecule has 5 nitrogen and oxygen atoms in total. The van der Waals surface area contributed by atoms with Gasteiger partial charge >= 0.3 is 0 Å². The van der Waals surface area contributed by atoms with Crippen LogP contribution in [-0.2, 0) is 12.8 Å². The van der Waals surface area contributed by atoms with E-state index in [4.69, 9.17) is 4.74 Å². The van der Waals surface area contributed by atoms with Crippen molar-refractivity contribution in [1.82, 2.24) is 9.88 Å². The van der Waals surface area contributed by atoms with Crippen LogP contribution in [0.5, 0.6) is 5.75 Å². The number of benzene rings is 2. The summed E-state index contributed by atoms with van der Waals surface area (Å²) < 4.78 is 5.79. The first-order chi connectivity index (χ1) is 15.1. The minimum absolute atomic E-state index is 0.137. The van der Waals surface area contributed by atoms with Gasteiger partial charge in [0.1, 0.15) is 5.75 Å². The first-order valence-electron chi connectivity index (χ1n) is 11.5. The number of hydrogen-bond donors (Lipinski definition) is 1. The lowest BCUT2D eigenvalue weighted by molar-refractivity contribution is 0.0747. The van der Waals surface area contributed by atoms with Crippen molar-refractivity contribution < 1.29 is 9.53 Å². The van der Waals surface area contributed by atoms with Crippen LogP contribution in [0.3, 0.4) is 0 Å². The molecule has 2 aromatic carbocycles. The number of amides is 1. The minimum Gasteiger partial charge on any atom is -0.492 e. The Labute approximate surface area is 184 Å². The van der Waals surface area contributed by atoms with Gasteiger partial charge in [-0.25, -0.2) is 0 Å². The van der Waals surface area contributed by atoms with Crippen LogP contribution >= 0.6 is 0 Å². The van der Waals surface area contributed by atoms with Crippen LogP contribution < -0.4 is 9.64 Å². The fourth-order valence-electron chi connectivity index (χ4n) is 5.05. The maximum absolute atomic E-state index is 13.3. The third kappa shape index (κ3) is 3.78. The predicted molar refractivity (Wildman–Crippen MR) is 125 cm³/mol. The Bertz CT molecular complexity index is 1100. The van der Waals surface area contributed by atoms with E-state index >= 15 is 0 Å². The van der Waals surface area contributed by atoms with Crippen molar-refractivity contribution >= 4 is 22.5 Å². The number of piperazine rings is 1. The van der Waals surface area contributed by atoms with Gasteiger partial charge in [-0.15, -0.1) is 0 Å². The topological polar surface area (TPSA) is 48.6 Å². The highest BCUT2D eigenvalue weighted by Gasteiger charge is 2.25. The summed E-state index contributed by atoms with van der Waals surface area (Å²) in [6.45, 7) is 8.05. The second kappa shape index (κ2) is 8.29. The monoisotopic (exact) mass is 417 g/mol. The lowest BCUT2D eigenvalue weighted by Gasteiger charge is -2.36. The summed E-state index contributed by atoms with van der Waals surface area (Å²) in [4.78, 5) is 21.2. The highest BCUT2D eigenvalue weighted by molar-refractivity contribution is 5.99. The molecule has 2 heterocycles. The van der Waals surface area contributed by atoms with E-state index in [1.165, 1.54) is 23.1 Å². The van der Waals surface area contributed by atoms with Crippen molar-refractivity contribution in [3.63, 3.8) is 0 Å². The largest absolute Gasteiger partial charge is 0.492 e. The summed E-state index contributed by atoms with van der Waals surface area (Å²) in [5.74, 6) is 1.76. The maximum atomic E-state index is 13.3. The van der Waals surface area contributed by atoms with Gasteiger partial charge in [0.05, 0.1) is 12.3 Å². The third-order valence-corrected chi connectivity index (χ3v) is 6.75. The Hall–Kier alpha value is -2.95. The molecule has 3 aromatic rings. The number of carbonyl (C=O) groups excluding carboxylic acids is 1. The molecule has 162 valence electrons. The van der Waals surface area contributed by atoms with E-state index in [0.29, 0.717) is 12.5 Å². The molecule has 1 fully saturated rings. The molecule has 0 saturated carbocycles. The standard InChI is InChI=1S/C26H31N3O2/c1-3-31-25-7-5-4-6-24(25)28-12-14-29(15-13-28)26(30)19-9-11-23-21(17-19)20-16-18(2)8-10-22(20)27-23/h4-7,9,11,17-18,27H,3,8,10,12-16H2,1-2H3. The molecule has 0 radical (unpaired) electrons. The Morgan fingerprint density at radius 2 is 1.94 bits per heavy atom. The quantitative estimate of drug-likeness (QED) is 0.672. The van der Waals surface area contributed by atoms with Crippen LogP contribution in [0.2, 0.25) is 0 Å². The molecule has 1 atom stereocenters. The zero-order valence-electron chi connectivity index (χ0n) is 18.5. The summed E-state index contributed by atoms with van der Waals surface area (Å²) >= 11 is 0. The lowest BCUT2D eigenvalue weighted by Crippen LogP contribution is -2.48. The van der Waals surface area contributed by atoms with Gasteiger partial charge in [-0.05, 0) is 68.0 Å². The Morgan fingerprint density at radius 3 is 2.74 bits per heavy atom. The Kier molecular flexibility index (Phi) is 5.34. The molecule has 5 heteroatoms. The molecule has 1 aliphatic carbocycles. The second-order valence-corrected chi connectivity index (χ2v) is 8.87. The fourth-order valence-corrected chi connectivity index (χ4v) is 5.05. The van der Waals surface area contributed by atoms with Crippen molar-refractivity contribution in [2.24, 2.45) is 5.92 Å². The lowest BCUT2D eigenvalue weighted by atomic mass is 9.87. The number of fused-ring (bicyclic) bond motifs is 3. The van der Waals surface area contributed by atoms with Crippen molar-refractivity contribution in [2.75, 3.05) is 37.7 Å². The van der Waals surface area contributed by atoms with Crippen LogP contribution in [0, 0.1) is 5.92 Å². The van der Waals surface area contributed by atoms with Crippen molar-refractivity contribution in [2.45, 2.75) is 33.1 Å². The maximum Gasteiger partial charge on any atom is 0.253 e. The number of anilines is 1. The molecule has 5 rings (SSSR count). The molecular weight excluding hydrogens is 386 g/mol. The van der Waals surface area contributed by atoms with Gasteiger partial charge in [0.2, 0.25) is 0 Å². The van der Waals surface area contributed by atoms with Gasteiger partial charge < -0.3 is 19.5 Å². The van der Waals surface area contributed by atoms with Gasteiger partial charge in [0, 0.05) is 48.3 Å². The highest BCUT2D eigenvalue weighted by Crippen LogP contribution is 2.33. The first kappa shape index (κ1) is 20.0. The third-order valence-electron chi connectivity index (χ3n) is 6.75. The SMILES string of the molecule is CCOc1ccccc1N1CCN(C(=O)c2ccc3[nH]c4c(c3c2)CC(C)CC4)CC1. The van der Waals surface area contributed by atoms with E-state index in [1.807, 2.05) is 36.1 Å². The molecule has 1 aliphatic heterocycles. The normalized spacial score (nSPS) is 18.8. The number of hydrogen-bond acceptors (Lipinski definition) is 3. The molecule has 0 spiro atoms. The van der Waals surface area contributed by atoms with Gasteiger partial charge in [-0.1, -0.05) is 19.1 Å². The van der Waals surface area contributed by atoms with Crippen LogP contribution in [0.15, 0.2) is 42.5 Å². The average Bonchev–Trinajstić information content (AvgIpc) is 3.16. The molecule has 1 unspecified atom stereocenters. The molecule has 2 aliphatic rings. The van der Waals surface area contributed by atoms with Crippen molar-refractivity contribution in [3.05, 3.63) is 59.3 Å². The van der Waals surface area contributed by atoms with Crippen LogP contribution in [0.4, 0.5) is 5.69 Å². The fraction of sp³-hybridized carbons (Fsp3) is 0.423. The Balaban J connectivity index is 1.32. The van der Waals surface area contributed by atoms with E-state index < -0.39 is 0 Å². The summed E-state index contributed by atoms with van der Waals surface area (Å²) in [5, 5.41) is 1.23. The number of aromatic nitrogens is 1. The summed E-state index contributed by atoms with van der Waals surface area (Å²) in [7, 11) is 0. The molecule has 1 N–H and O–H groups in total. The van der Waals surface area contributed by atoms with Crippen LogP contribution in [-0.4, -0.2) is 48.6 Å². The minimum atomic E-state index is 0.137. The first-order valence-corrected chi connectivity index (χ1v) is 11.5. The van der Waals surface area contributed by atoms with Gasteiger partial charge in [-0.2, -0.15) is 0 Å². The van der Waals surface area contributed by atoms with Crippen LogP contribution in [0.1, 0.15) is 41.9 Å². The summed E-state index contributed by atoms with van der Waals surface area (Å²) in [6, 6.07) is 14.3. The number of carbonyl (C=O) groups is 1. The molecule has 1 saturated heterocycles. The number of aromatic amines is 1. The van der Waals surface area contributed by atoms with Gasteiger partial charge in [0.15, 0.2) is 0 Å². The Morgan fingerprint density at radius 1 is 1.13 bits per heavy atom. The molecule has 1 aromatic heterocycles. The zero-order valence-corrected chi connectivity index (χ0v) is 18.5. The zero-order chi connectivity index (χ0) is 21.4. The number of para-hydroxylation sites is 2. The van der Waals surface area contributed by atoms with Gasteiger partial charge in [-0.3, -0.25) is 4.79 Å². The number of rotatable bonds is 4. The van der Waals surface area contributed by atoms with Crippen LogP contribution in [0.25, 0.3) is 10.9 Å². The van der Waals surface area contributed by atoms with E-state index in [9.17, 15) is 4.79 Å². The van der Waals surface area contributed by atoms with Crippen molar-refractivity contribution in [3.8, 4) is 5.75 Å². The number of ether oxygens (including phenoxy) is 1. The van der Waals surface area contributed by atoms with Gasteiger partial charge in [0.25, 0.3) is 5.91 Å². The smallest absolute Gasteiger partial charge is 0.253 e. The van der Waals surface area contributed by atoms with Crippen molar-refractivity contribution in [1.29, 1.82) is 0 Å². The van der Waals surface area contributed by atoms with E-state index in [0.717, 1.165) is 61.5 Å².